The van der Waals surface area contributed by atoms with Crippen LogP contribution in [0.1, 0.15) is 5.69 Å². The van der Waals surface area contributed by atoms with Gasteiger partial charge in [-0.1, -0.05) is 30.3 Å². The predicted octanol–water partition coefficient (Wildman–Crippen LogP) is 3.71. The largest absolute Gasteiger partial charge is 0.431 e. The zero-order valence-corrected chi connectivity index (χ0v) is 8.62. The first-order chi connectivity index (χ1) is 7.48. The van der Waals surface area contributed by atoms with Crippen molar-refractivity contribution in [2.45, 2.75) is 6.18 Å². The first kappa shape index (κ1) is 10.8. The van der Waals surface area contributed by atoms with Crippen LogP contribution in [-0.4, -0.2) is 4.57 Å². The van der Waals surface area contributed by atoms with Crippen molar-refractivity contribution < 1.29 is 13.2 Å². The molecule has 2 aromatic rings. The van der Waals surface area contributed by atoms with E-state index in [4.69, 9.17) is 0 Å². The highest BCUT2D eigenvalue weighted by Crippen LogP contribution is 2.33. The monoisotopic (exact) mass is 225 g/mol. The molecule has 1 aromatic heterocycles. The smallest absolute Gasteiger partial charge is 0.346 e. The van der Waals surface area contributed by atoms with Gasteiger partial charge in [-0.15, -0.1) is 0 Å². The lowest BCUT2D eigenvalue weighted by Crippen LogP contribution is -2.09. The molecular weight excluding hydrogens is 215 g/mol. The molecule has 1 heterocycles. The van der Waals surface area contributed by atoms with Crippen LogP contribution >= 0.6 is 0 Å². The maximum Gasteiger partial charge on any atom is 0.431 e. The summed E-state index contributed by atoms with van der Waals surface area (Å²) >= 11 is 0. The summed E-state index contributed by atoms with van der Waals surface area (Å²) in [4.78, 5) is 0. The number of alkyl halides is 3. The van der Waals surface area contributed by atoms with Crippen molar-refractivity contribution in [2.24, 2.45) is 7.05 Å². The van der Waals surface area contributed by atoms with Crippen molar-refractivity contribution in [3.8, 4) is 11.1 Å². The summed E-state index contributed by atoms with van der Waals surface area (Å²) in [6.45, 7) is 0. The van der Waals surface area contributed by atoms with E-state index >= 15 is 0 Å². The second-order valence-corrected chi connectivity index (χ2v) is 3.59. The van der Waals surface area contributed by atoms with E-state index in [9.17, 15) is 13.2 Å². The van der Waals surface area contributed by atoms with Crippen LogP contribution in [0, 0.1) is 0 Å². The quantitative estimate of drug-likeness (QED) is 0.697. The SMILES string of the molecule is Cn1cc(-c2ccccc2)cc1C(F)(F)F. The highest BCUT2D eigenvalue weighted by Gasteiger charge is 2.33. The van der Waals surface area contributed by atoms with Gasteiger partial charge in [0, 0.05) is 13.2 Å². The molecule has 1 aromatic carbocycles. The van der Waals surface area contributed by atoms with Gasteiger partial charge in [-0.05, 0) is 17.2 Å². The fourth-order valence-electron chi connectivity index (χ4n) is 1.63. The lowest BCUT2D eigenvalue weighted by Gasteiger charge is -2.05. The molecule has 0 saturated heterocycles. The van der Waals surface area contributed by atoms with Gasteiger partial charge in [-0.3, -0.25) is 0 Å². The van der Waals surface area contributed by atoms with Crippen molar-refractivity contribution in [3.05, 3.63) is 48.3 Å². The van der Waals surface area contributed by atoms with Crippen molar-refractivity contribution in [3.63, 3.8) is 0 Å². The van der Waals surface area contributed by atoms with Crippen LogP contribution in [0.15, 0.2) is 42.6 Å². The van der Waals surface area contributed by atoms with Crippen molar-refractivity contribution >= 4 is 0 Å². The summed E-state index contributed by atoms with van der Waals surface area (Å²) in [6, 6.07) is 10.2. The Morgan fingerprint density at radius 1 is 1.00 bits per heavy atom. The summed E-state index contributed by atoms with van der Waals surface area (Å²) in [6.07, 6.45) is -2.82. The molecule has 0 bridgehead atoms. The van der Waals surface area contributed by atoms with E-state index in [1.54, 1.807) is 24.3 Å². The van der Waals surface area contributed by atoms with Gasteiger partial charge in [-0.25, -0.2) is 0 Å². The molecule has 0 aliphatic heterocycles. The number of benzene rings is 1. The Bertz CT molecular complexity index is 483. The number of halogens is 3. The fraction of sp³-hybridized carbons (Fsp3) is 0.167. The van der Waals surface area contributed by atoms with Crippen LogP contribution in [0.25, 0.3) is 11.1 Å². The fourth-order valence-corrected chi connectivity index (χ4v) is 1.63. The molecule has 4 heteroatoms. The minimum absolute atomic E-state index is 0.579. The number of rotatable bonds is 1. The Hall–Kier alpha value is -1.71. The summed E-state index contributed by atoms with van der Waals surface area (Å²) in [7, 11) is 1.40. The zero-order chi connectivity index (χ0) is 11.8. The van der Waals surface area contributed by atoms with Crippen LogP contribution in [0.5, 0.6) is 0 Å². The standard InChI is InChI=1S/C12H10F3N/c1-16-8-10(7-11(16)12(13,14)15)9-5-3-2-4-6-9/h2-8H,1H3. The van der Waals surface area contributed by atoms with E-state index in [-0.39, 0.29) is 0 Å². The second kappa shape index (κ2) is 3.70. The first-order valence-electron chi connectivity index (χ1n) is 4.77. The van der Waals surface area contributed by atoms with Crippen molar-refractivity contribution in [2.75, 3.05) is 0 Å². The average molecular weight is 225 g/mol. The number of aryl methyl sites for hydroxylation is 1. The molecule has 0 saturated carbocycles. The van der Waals surface area contributed by atoms with Crippen molar-refractivity contribution in [1.82, 2.24) is 4.57 Å². The van der Waals surface area contributed by atoms with Gasteiger partial charge in [0.15, 0.2) is 0 Å². The molecule has 0 spiro atoms. The summed E-state index contributed by atoms with van der Waals surface area (Å²) in [5.74, 6) is 0. The molecule has 0 amide bonds. The lowest BCUT2D eigenvalue weighted by atomic mass is 10.1. The number of hydrogen-bond acceptors (Lipinski definition) is 0. The van der Waals surface area contributed by atoms with Crippen LogP contribution in [0.2, 0.25) is 0 Å². The molecule has 0 N–H and O–H groups in total. The van der Waals surface area contributed by atoms with Crippen molar-refractivity contribution in [1.29, 1.82) is 0 Å². The Kier molecular flexibility index (Phi) is 2.50. The van der Waals surface area contributed by atoms with E-state index < -0.39 is 11.9 Å². The van der Waals surface area contributed by atoms with E-state index in [1.165, 1.54) is 13.2 Å². The van der Waals surface area contributed by atoms with Gasteiger partial charge in [-0.2, -0.15) is 13.2 Å². The molecular formula is C12H10F3N. The average Bonchev–Trinajstić information content (AvgIpc) is 2.61. The van der Waals surface area contributed by atoms with Crippen LogP contribution in [-0.2, 0) is 13.2 Å². The molecule has 84 valence electrons. The van der Waals surface area contributed by atoms with Gasteiger partial charge >= 0.3 is 6.18 Å². The van der Waals surface area contributed by atoms with Gasteiger partial charge in [0.1, 0.15) is 5.69 Å². The lowest BCUT2D eigenvalue weighted by molar-refractivity contribution is -0.143. The predicted molar refractivity (Wildman–Crippen MR) is 55.9 cm³/mol. The third kappa shape index (κ3) is 1.96. The van der Waals surface area contributed by atoms with Gasteiger partial charge in [0.25, 0.3) is 0 Å². The molecule has 0 aliphatic carbocycles. The van der Waals surface area contributed by atoms with Crippen LogP contribution < -0.4 is 0 Å². The maximum atomic E-state index is 12.6. The topological polar surface area (TPSA) is 4.93 Å². The normalized spacial score (nSPS) is 11.8. The van der Waals surface area contributed by atoms with Gasteiger partial charge < -0.3 is 4.57 Å². The summed E-state index contributed by atoms with van der Waals surface area (Å²) in [5, 5.41) is 0. The Balaban J connectivity index is 2.47. The van der Waals surface area contributed by atoms with Crippen LogP contribution in [0.3, 0.4) is 0 Å². The highest BCUT2D eigenvalue weighted by molar-refractivity contribution is 5.63. The molecule has 0 atom stereocenters. The van der Waals surface area contributed by atoms with E-state index in [0.29, 0.717) is 5.56 Å². The van der Waals surface area contributed by atoms with Gasteiger partial charge in [0.2, 0.25) is 0 Å². The summed E-state index contributed by atoms with van der Waals surface area (Å²) < 4.78 is 38.8. The third-order valence-electron chi connectivity index (χ3n) is 2.40. The highest BCUT2D eigenvalue weighted by atomic mass is 19.4. The van der Waals surface area contributed by atoms with E-state index in [0.717, 1.165) is 16.2 Å². The minimum Gasteiger partial charge on any atom is -0.346 e. The van der Waals surface area contributed by atoms with Gasteiger partial charge in [0.05, 0.1) is 0 Å². The first-order valence-corrected chi connectivity index (χ1v) is 4.77. The second-order valence-electron chi connectivity index (χ2n) is 3.59. The van der Waals surface area contributed by atoms with E-state index in [2.05, 4.69) is 0 Å². The number of nitrogens with zero attached hydrogens (tertiary/aromatic N) is 1. The Labute approximate surface area is 91.1 Å². The third-order valence-corrected chi connectivity index (χ3v) is 2.40. The number of aromatic nitrogens is 1. The Morgan fingerprint density at radius 3 is 2.12 bits per heavy atom. The Morgan fingerprint density at radius 2 is 1.62 bits per heavy atom. The molecule has 0 radical (unpaired) electrons. The molecule has 0 aliphatic rings. The molecule has 1 nitrogen and oxygen atoms in total. The number of hydrogen-bond donors (Lipinski definition) is 0. The summed E-state index contributed by atoms with van der Waals surface area (Å²) in [5.41, 5.74) is 0.732. The minimum atomic E-state index is -4.30. The maximum absolute atomic E-state index is 12.6. The molecule has 16 heavy (non-hydrogen) atoms. The van der Waals surface area contributed by atoms with E-state index in [1.807, 2.05) is 6.07 Å². The molecule has 2 rings (SSSR count). The molecule has 0 unspecified atom stereocenters. The van der Waals surface area contributed by atoms with Crippen LogP contribution in [0.4, 0.5) is 13.2 Å². The zero-order valence-electron chi connectivity index (χ0n) is 8.62. The molecule has 0 fully saturated rings.